The fourth-order valence-electron chi connectivity index (χ4n) is 3.25. The van der Waals surface area contributed by atoms with Crippen LogP contribution in [0.15, 0.2) is 24.3 Å². The lowest BCUT2D eigenvalue weighted by Gasteiger charge is -2.37. The molecular weight excluding hydrogens is 270 g/mol. The van der Waals surface area contributed by atoms with Crippen LogP contribution in [0.25, 0.3) is 0 Å². The normalized spacial score (nSPS) is 26.6. The maximum Gasteiger partial charge on any atom is 0.251 e. The highest BCUT2D eigenvalue weighted by molar-refractivity contribution is 6.30. The lowest BCUT2D eigenvalue weighted by molar-refractivity contribution is 0.0868. The van der Waals surface area contributed by atoms with Crippen molar-refractivity contribution < 1.29 is 4.79 Å². The van der Waals surface area contributed by atoms with Gasteiger partial charge in [-0.3, -0.25) is 4.79 Å². The summed E-state index contributed by atoms with van der Waals surface area (Å²) in [5.74, 6) is 1.87. The molecule has 1 aromatic rings. The monoisotopic (exact) mass is 293 g/mol. The SMILES string of the molecule is CC(C)[C@H]1CC[C@H](C)C[C@@H]1NC(=O)c1cccc(Cl)c1. The molecule has 110 valence electrons. The lowest BCUT2D eigenvalue weighted by Crippen LogP contribution is -2.45. The molecule has 3 heteroatoms. The molecule has 0 unspecified atom stereocenters. The van der Waals surface area contributed by atoms with Crippen molar-refractivity contribution in [1.29, 1.82) is 0 Å². The van der Waals surface area contributed by atoms with Gasteiger partial charge < -0.3 is 5.32 Å². The van der Waals surface area contributed by atoms with Gasteiger partial charge >= 0.3 is 0 Å². The van der Waals surface area contributed by atoms with E-state index in [9.17, 15) is 4.79 Å². The van der Waals surface area contributed by atoms with Crippen LogP contribution in [0.5, 0.6) is 0 Å². The maximum absolute atomic E-state index is 12.4. The van der Waals surface area contributed by atoms with Gasteiger partial charge in [-0.2, -0.15) is 0 Å². The van der Waals surface area contributed by atoms with Crippen molar-refractivity contribution in [2.24, 2.45) is 17.8 Å². The maximum atomic E-state index is 12.4. The average Bonchev–Trinajstić information content (AvgIpc) is 2.38. The number of halogens is 1. The van der Waals surface area contributed by atoms with Gasteiger partial charge in [0.1, 0.15) is 0 Å². The summed E-state index contributed by atoms with van der Waals surface area (Å²) >= 11 is 5.95. The molecule has 0 saturated heterocycles. The van der Waals surface area contributed by atoms with Crippen molar-refractivity contribution in [3.63, 3.8) is 0 Å². The Labute approximate surface area is 126 Å². The summed E-state index contributed by atoms with van der Waals surface area (Å²) in [6, 6.07) is 7.44. The summed E-state index contributed by atoms with van der Waals surface area (Å²) in [5, 5.41) is 3.83. The van der Waals surface area contributed by atoms with Crippen LogP contribution in [0, 0.1) is 17.8 Å². The zero-order valence-electron chi connectivity index (χ0n) is 12.5. The molecule has 0 radical (unpaired) electrons. The second-order valence-electron chi connectivity index (χ2n) is 6.42. The van der Waals surface area contributed by atoms with Gasteiger partial charge in [0.15, 0.2) is 0 Å². The quantitative estimate of drug-likeness (QED) is 0.871. The smallest absolute Gasteiger partial charge is 0.251 e. The van der Waals surface area contributed by atoms with Crippen molar-refractivity contribution in [2.45, 2.75) is 46.1 Å². The molecule has 2 rings (SSSR count). The van der Waals surface area contributed by atoms with Crippen LogP contribution in [0.3, 0.4) is 0 Å². The molecule has 0 heterocycles. The van der Waals surface area contributed by atoms with Crippen LogP contribution >= 0.6 is 11.6 Å². The second kappa shape index (κ2) is 6.62. The van der Waals surface area contributed by atoms with Gasteiger partial charge in [0, 0.05) is 16.6 Å². The molecule has 0 bridgehead atoms. The Kier molecular flexibility index (Phi) is 5.09. The zero-order valence-corrected chi connectivity index (χ0v) is 13.3. The minimum atomic E-state index is -0.00255. The summed E-state index contributed by atoms with van der Waals surface area (Å²) in [6.07, 6.45) is 3.56. The third-order valence-corrected chi connectivity index (χ3v) is 4.66. The van der Waals surface area contributed by atoms with Gasteiger partial charge in [0.2, 0.25) is 0 Å². The number of hydrogen-bond donors (Lipinski definition) is 1. The van der Waals surface area contributed by atoms with Crippen LogP contribution in [-0.2, 0) is 0 Å². The molecule has 3 atom stereocenters. The Morgan fingerprint density at radius 3 is 2.75 bits per heavy atom. The van der Waals surface area contributed by atoms with Gasteiger partial charge in [-0.1, -0.05) is 44.9 Å². The number of carbonyl (C=O) groups excluding carboxylic acids is 1. The molecule has 0 aliphatic heterocycles. The molecule has 1 saturated carbocycles. The standard InChI is InChI=1S/C17H24ClNO/c1-11(2)15-8-7-12(3)9-16(15)19-17(20)13-5-4-6-14(18)10-13/h4-6,10-12,15-16H,7-9H2,1-3H3,(H,19,20)/t12-,15+,16-/m0/s1. The van der Waals surface area contributed by atoms with Crippen molar-refractivity contribution in [2.75, 3.05) is 0 Å². The van der Waals surface area contributed by atoms with Gasteiger partial charge in [-0.05, 0) is 48.8 Å². The molecule has 2 nitrogen and oxygen atoms in total. The van der Waals surface area contributed by atoms with E-state index in [2.05, 4.69) is 26.1 Å². The third kappa shape index (κ3) is 3.76. The highest BCUT2D eigenvalue weighted by atomic mass is 35.5. The first-order chi connectivity index (χ1) is 9.47. The number of carbonyl (C=O) groups is 1. The summed E-state index contributed by atoms with van der Waals surface area (Å²) in [4.78, 5) is 12.4. The first kappa shape index (κ1) is 15.4. The van der Waals surface area contributed by atoms with E-state index in [-0.39, 0.29) is 11.9 Å². The molecule has 0 spiro atoms. The fraction of sp³-hybridized carbons (Fsp3) is 0.588. The van der Waals surface area contributed by atoms with E-state index < -0.39 is 0 Å². The van der Waals surface area contributed by atoms with Gasteiger partial charge in [-0.15, -0.1) is 0 Å². The summed E-state index contributed by atoms with van der Waals surface area (Å²) in [5.41, 5.74) is 0.651. The van der Waals surface area contributed by atoms with E-state index in [0.29, 0.717) is 28.3 Å². The fourth-order valence-corrected chi connectivity index (χ4v) is 3.44. The van der Waals surface area contributed by atoms with Crippen molar-refractivity contribution in [1.82, 2.24) is 5.32 Å². The highest BCUT2D eigenvalue weighted by Gasteiger charge is 2.31. The Bertz CT molecular complexity index is 472. The molecule has 1 N–H and O–H groups in total. The van der Waals surface area contributed by atoms with Gasteiger partial charge in [-0.25, -0.2) is 0 Å². The van der Waals surface area contributed by atoms with E-state index in [1.54, 1.807) is 12.1 Å². The predicted octanol–water partition coefficient (Wildman–Crippen LogP) is 4.53. The van der Waals surface area contributed by atoms with Crippen LogP contribution in [0.4, 0.5) is 0 Å². The van der Waals surface area contributed by atoms with E-state index in [1.165, 1.54) is 12.8 Å². The predicted molar refractivity (Wildman–Crippen MR) is 84.0 cm³/mol. The number of rotatable bonds is 3. The molecule has 1 aliphatic rings. The molecule has 1 fully saturated rings. The molecule has 1 aromatic carbocycles. The van der Waals surface area contributed by atoms with E-state index in [4.69, 9.17) is 11.6 Å². The van der Waals surface area contributed by atoms with Crippen LogP contribution in [0.2, 0.25) is 5.02 Å². The zero-order chi connectivity index (χ0) is 14.7. The summed E-state index contributed by atoms with van der Waals surface area (Å²) < 4.78 is 0. The Morgan fingerprint density at radius 1 is 1.35 bits per heavy atom. The molecule has 0 aromatic heterocycles. The lowest BCUT2D eigenvalue weighted by atomic mass is 9.74. The first-order valence-corrected chi connectivity index (χ1v) is 7.91. The number of nitrogens with one attached hydrogen (secondary N) is 1. The number of benzene rings is 1. The van der Waals surface area contributed by atoms with Crippen LogP contribution in [-0.4, -0.2) is 11.9 Å². The molecule has 1 amide bonds. The number of hydrogen-bond acceptors (Lipinski definition) is 1. The van der Waals surface area contributed by atoms with Crippen LogP contribution < -0.4 is 5.32 Å². The number of amides is 1. The van der Waals surface area contributed by atoms with Crippen LogP contribution in [0.1, 0.15) is 50.4 Å². The summed E-state index contributed by atoms with van der Waals surface area (Å²) in [7, 11) is 0. The molecule has 20 heavy (non-hydrogen) atoms. The van der Waals surface area contributed by atoms with Crippen molar-refractivity contribution >= 4 is 17.5 Å². The molecular formula is C17H24ClNO. The minimum absolute atomic E-state index is 0.00255. The largest absolute Gasteiger partial charge is 0.349 e. The third-order valence-electron chi connectivity index (χ3n) is 4.43. The van der Waals surface area contributed by atoms with E-state index in [0.717, 1.165) is 6.42 Å². The van der Waals surface area contributed by atoms with E-state index >= 15 is 0 Å². The summed E-state index contributed by atoms with van der Waals surface area (Å²) in [6.45, 7) is 6.77. The Morgan fingerprint density at radius 2 is 2.10 bits per heavy atom. The Hall–Kier alpha value is -1.02. The highest BCUT2D eigenvalue weighted by Crippen LogP contribution is 2.33. The first-order valence-electron chi connectivity index (χ1n) is 7.53. The van der Waals surface area contributed by atoms with Gasteiger partial charge in [0.25, 0.3) is 5.91 Å². The topological polar surface area (TPSA) is 29.1 Å². The van der Waals surface area contributed by atoms with E-state index in [1.807, 2.05) is 12.1 Å². The average molecular weight is 294 g/mol. The second-order valence-corrected chi connectivity index (χ2v) is 6.85. The van der Waals surface area contributed by atoms with Crippen molar-refractivity contribution in [3.05, 3.63) is 34.9 Å². The Balaban J connectivity index is 2.08. The van der Waals surface area contributed by atoms with Gasteiger partial charge in [0.05, 0.1) is 0 Å². The van der Waals surface area contributed by atoms with Crippen molar-refractivity contribution in [3.8, 4) is 0 Å². The minimum Gasteiger partial charge on any atom is -0.349 e. The molecule has 1 aliphatic carbocycles.